The van der Waals surface area contributed by atoms with E-state index in [9.17, 15) is 4.79 Å². The minimum atomic E-state index is -0.228. The van der Waals surface area contributed by atoms with Gasteiger partial charge in [-0.15, -0.1) is 0 Å². The van der Waals surface area contributed by atoms with E-state index in [1.807, 2.05) is 6.92 Å². The van der Waals surface area contributed by atoms with Crippen molar-refractivity contribution in [1.29, 1.82) is 0 Å². The topological polar surface area (TPSA) is 62.4 Å². The molecule has 2 atom stereocenters. The number of benzene rings is 1. The number of hydrogen-bond acceptors (Lipinski definition) is 3. The Balaban J connectivity index is 1.77. The summed E-state index contributed by atoms with van der Waals surface area (Å²) in [6.07, 6.45) is 4.85. The lowest BCUT2D eigenvalue weighted by Gasteiger charge is -2.30. The summed E-state index contributed by atoms with van der Waals surface area (Å²) in [5.74, 6) is 1.12. The van der Waals surface area contributed by atoms with Gasteiger partial charge in [0.1, 0.15) is 5.75 Å². The largest absolute Gasteiger partial charge is 0.494 e. The second-order valence-corrected chi connectivity index (χ2v) is 6.29. The zero-order valence-electron chi connectivity index (χ0n) is 13.7. The molecule has 1 aliphatic rings. The summed E-state index contributed by atoms with van der Waals surface area (Å²) >= 11 is 5.25. The zero-order valence-corrected chi connectivity index (χ0v) is 14.5. The Hall–Kier alpha value is -1.82. The first-order valence-corrected chi connectivity index (χ1v) is 8.60. The molecule has 0 radical (unpaired) electrons. The highest BCUT2D eigenvalue weighted by molar-refractivity contribution is 7.80. The highest BCUT2D eigenvalue weighted by Gasteiger charge is 2.21. The van der Waals surface area contributed by atoms with Crippen molar-refractivity contribution < 1.29 is 9.53 Å². The van der Waals surface area contributed by atoms with Gasteiger partial charge in [-0.25, -0.2) is 0 Å². The predicted octanol–water partition coefficient (Wildman–Crippen LogP) is 2.77. The number of thiocarbonyl (C=S) groups is 1. The summed E-state index contributed by atoms with van der Waals surface area (Å²) < 4.78 is 5.36. The van der Waals surface area contributed by atoms with Crippen molar-refractivity contribution in [2.75, 3.05) is 6.61 Å². The number of carbonyl (C=O) groups is 1. The Morgan fingerprint density at radius 3 is 2.57 bits per heavy atom. The number of nitrogens with one attached hydrogen (secondary N) is 3. The van der Waals surface area contributed by atoms with Crippen LogP contribution in [0.4, 0.5) is 0 Å². The highest BCUT2D eigenvalue weighted by Crippen LogP contribution is 2.23. The molecule has 0 saturated heterocycles. The number of hydrogen-bond donors (Lipinski definition) is 3. The number of amides is 1. The zero-order chi connectivity index (χ0) is 16.7. The SMILES string of the molecule is CCOc1ccc(C(=O)NNC(=S)N[C@@H]2CCCC[C@@H]2C)cc1. The minimum absolute atomic E-state index is 0.228. The average molecular weight is 335 g/mol. The van der Waals surface area contributed by atoms with Gasteiger partial charge in [-0.05, 0) is 62.2 Å². The van der Waals surface area contributed by atoms with E-state index in [-0.39, 0.29) is 5.91 Å². The van der Waals surface area contributed by atoms with E-state index in [4.69, 9.17) is 17.0 Å². The summed E-state index contributed by atoms with van der Waals surface area (Å²) in [5.41, 5.74) is 5.95. The fourth-order valence-electron chi connectivity index (χ4n) is 2.79. The lowest BCUT2D eigenvalue weighted by atomic mass is 9.86. The minimum Gasteiger partial charge on any atom is -0.494 e. The molecule has 3 N–H and O–H groups in total. The normalized spacial score (nSPS) is 20.4. The molecule has 1 aromatic rings. The molecule has 5 nitrogen and oxygen atoms in total. The fourth-order valence-corrected chi connectivity index (χ4v) is 2.99. The first-order chi connectivity index (χ1) is 11.1. The second kappa shape index (κ2) is 8.72. The van der Waals surface area contributed by atoms with Crippen molar-refractivity contribution in [2.24, 2.45) is 5.92 Å². The van der Waals surface area contributed by atoms with E-state index in [0.717, 1.165) is 12.2 Å². The smallest absolute Gasteiger partial charge is 0.269 e. The van der Waals surface area contributed by atoms with Gasteiger partial charge in [0, 0.05) is 11.6 Å². The monoisotopic (exact) mass is 335 g/mol. The molecule has 1 saturated carbocycles. The Labute approximate surface area is 143 Å². The van der Waals surface area contributed by atoms with Gasteiger partial charge in [-0.2, -0.15) is 0 Å². The van der Waals surface area contributed by atoms with Gasteiger partial charge in [-0.3, -0.25) is 15.6 Å². The van der Waals surface area contributed by atoms with Crippen molar-refractivity contribution in [3.8, 4) is 5.75 Å². The van der Waals surface area contributed by atoms with Gasteiger partial charge in [0.2, 0.25) is 0 Å². The maximum Gasteiger partial charge on any atom is 0.269 e. The van der Waals surface area contributed by atoms with Gasteiger partial charge < -0.3 is 10.1 Å². The molecule has 0 spiro atoms. The molecule has 23 heavy (non-hydrogen) atoms. The van der Waals surface area contributed by atoms with Crippen LogP contribution in [0.5, 0.6) is 5.75 Å². The first-order valence-electron chi connectivity index (χ1n) is 8.20. The van der Waals surface area contributed by atoms with Crippen molar-refractivity contribution >= 4 is 23.2 Å². The van der Waals surface area contributed by atoms with Crippen LogP contribution in [-0.4, -0.2) is 23.7 Å². The standard InChI is InChI=1S/C17H25N3O2S/c1-3-22-14-10-8-13(9-11-14)16(21)19-20-17(23)18-15-7-5-4-6-12(15)2/h8-12,15H,3-7H2,1-2H3,(H,19,21)(H2,18,20,23)/t12-,15+/m0/s1. The van der Waals surface area contributed by atoms with Crippen LogP contribution < -0.4 is 20.9 Å². The molecule has 1 aliphatic carbocycles. The molecular weight excluding hydrogens is 310 g/mol. The molecule has 0 unspecified atom stereocenters. The van der Waals surface area contributed by atoms with E-state index >= 15 is 0 Å². The molecule has 0 bridgehead atoms. The van der Waals surface area contributed by atoms with Crippen LogP contribution >= 0.6 is 12.2 Å². The molecule has 0 aliphatic heterocycles. The quantitative estimate of drug-likeness (QED) is 0.583. The van der Waals surface area contributed by atoms with Crippen LogP contribution in [0.25, 0.3) is 0 Å². The molecule has 0 heterocycles. The Morgan fingerprint density at radius 2 is 1.91 bits per heavy atom. The maximum absolute atomic E-state index is 12.1. The van der Waals surface area contributed by atoms with Crippen LogP contribution in [0.3, 0.4) is 0 Å². The van der Waals surface area contributed by atoms with E-state index in [2.05, 4.69) is 23.1 Å². The average Bonchev–Trinajstić information content (AvgIpc) is 2.56. The van der Waals surface area contributed by atoms with Gasteiger partial charge in [-0.1, -0.05) is 19.8 Å². The molecule has 1 aromatic carbocycles. The molecule has 0 aromatic heterocycles. The van der Waals surface area contributed by atoms with Crippen molar-refractivity contribution in [3.05, 3.63) is 29.8 Å². The van der Waals surface area contributed by atoms with Crippen LogP contribution in [0.2, 0.25) is 0 Å². The third-order valence-electron chi connectivity index (χ3n) is 4.15. The van der Waals surface area contributed by atoms with Crippen molar-refractivity contribution in [1.82, 2.24) is 16.2 Å². The van der Waals surface area contributed by atoms with Crippen LogP contribution in [0.1, 0.15) is 49.9 Å². The predicted molar refractivity (Wildman–Crippen MR) is 95.4 cm³/mol. The van der Waals surface area contributed by atoms with E-state index < -0.39 is 0 Å². The Morgan fingerprint density at radius 1 is 1.22 bits per heavy atom. The molecule has 2 rings (SSSR count). The second-order valence-electron chi connectivity index (χ2n) is 5.88. The van der Waals surface area contributed by atoms with Crippen LogP contribution in [0.15, 0.2) is 24.3 Å². The third kappa shape index (κ3) is 5.39. The summed E-state index contributed by atoms with van der Waals surface area (Å²) in [7, 11) is 0. The number of ether oxygens (including phenoxy) is 1. The number of hydrazine groups is 1. The Bertz CT molecular complexity index is 533. The number of carbonyl (C=O) groups excluding carboxylic acids is 1. The first kappa shape index (κ1) is 17.5. The fraction of sp³-hybridized carbons (Fsp3) is 0.529. The Kier molecular flexibility index (Phi) is 6.65. The van der Waals surface area contributed by atoms with Gasteiger partial charge in [0.15, 0.2) is 5.11 Å². The summed E-state index contributed by atoms with van der Waals surface area (Å²) in [6, 6.07) is 7.38. The molecule has 126 valence electrons. The van der Waals surface area contributed by atoms with Crippen molar-refractivity contribution in [3.63, 3.8) is 0 Å². The lowest BCUT2D eigenvalue weighted by Crippen LogP contribution is -2.51. The van der Waals surface area contributed by atoms with E-state index in [0.29, 0.717) is 29.2 Å². The number of rotatable bonds is 4. The van der Waals surface area contributed by atoms with Gasteiger partial charge in [0.05, 0.1) is 6.61 Å². The van der Waals surface area contributed by atoms with Crippen LogP contribution in [0, 0.1) is 5.92 Å². The summed E-state index contributed by atoms with van der Waals surface area (Å²) in [4.78, 5) is 12.1. The molecule has 6 heteroatoms. The van der Waals surface area contributed by atoms with Gasteiger partial charge >= 0.3 is 0 Å². The third-order valence-corrected chi connectivity index (χ3v) is 4.36. The summed E-state index contributed by atoms with van der Waals surface area (Å²) in [6.45, 7) is 4.76. The highest BCUT2D eigenvalue weighted by atomic mass is 32.1. The van der Waals surface area contributed by atoms with E-state index in [1.54, 1.807) is 24.3 Å². The molecular formula is C17H25N3O2S. The molecule has 1 amide bonds. The van der Waals surface area contributed by atoms with Crippen molar-refractivity contribution in [2.45, 2.75) is 45.6 Å². The summed E-state index contributed by atoms with van der Waals surface area (Å²) in [5, 5.41) is 3.75. The van der Waals surface area contributed by atoms with E-state index in [1.165, 1.54) is 19.3 Å². The molecule has 1 fully saturated rings. The van der Waals surface area contributed by atoms with Gasteiger partial charge in [0.25, 0.3) is 5.91 Å². The lowest BCUT2D eigenvalue weighted by molar-refractivity contribution is 0.0943. The van der Waals surface area contributed by atoms with Crippen LogP contribution in [-0.2, 0) is 0 Å². The maximum atomic E-state index is 12.1.